The van der Waals surface area contributed by atoms with Gasteiger partial charge in [-0.05, 0) is 60.1 Å². The second-order valence-corrected chi connectivity index (χ2v) is 12.9. The van der Waals surface area contributed by atoms with Crippen molar-refractivity contribution in [3.63, 3.8) is 0 Å². The van der Waals surface area contributed by atoms with Crippen LogP contribution in [0.25, 0.3) is 0 Å². The smallest absolute Gasteiger partial charge is 0.250 e. The molecule has 0 aliphatic carbocycles. The van der Waals surface area contributed by atoms with Crippen molar-refractivity contribution in [3.8, 4) is 11.5 Å². The quantitative estimate of drug-likeness (QED) is 0.520. The van der Waals surface area contributed by atoms with Crippen molar-refractivity contribution >= 4 is 31.5 Å². The molecule has 2 rings (SSSR count). The highest BCUT2D eigenvalue weighted by Gasteiger charge is 2.39. The first-order valence-electron chi connectivity index (χ1n) is 7.94. The molecule has 0 saturated carbocycles. The van der Waals surface area contributed by atoms with Crippen LogP contribution in [0, 0.1) is 0 Å². The molecule has 0 saturated heterocycles. The number of hydrogen-bond donors (Lipinski definition) is 0. The molecule has 0 N–H and O–H groups in total. The lowest BCUT2D eigenvalue weighted by Gasteiger charge is -2.36. The first-order chi connectivity index (χ1) is 11.1. The van der Waals surface area contributed by atoms with Crippen LogP contribution in [0.15, 0.2) is 42.5 Å². The van der Waals surface area contributed by atoms with Crippen molar-refractivity contribution in [2.24, 2.45) is 0 Å². The third kappa shape index (κ3) is 4.92. The zero-order valence-corrected chi connectivity index (χ0v) is 17.3. The molecule has 0 fully saturated rings. The van der Waals surface area contributed by atoms with Crippen molar-refractivity contribution in [2.45, 2.75) is 45.5 Å². The SMILES string of the molecule is CC(C)(C)[Si](C)(C)Oc1cc(COc2ccc(Cl)cc2)ccc1Cl. The topological polar surface area (TPSA) is 18.5 Å². The minimum absolute atomic E-state index is 0.117. The summed E-state index contributed by atoms with van der Waals surface area (Å²) in [5.41, 5.74) is 1.02. The van der Waals surface area contributed by atoms with Crippen molar-refractivity contribution in [1.29, 1.82) is 0 Å². The second kappa shape index (κ2) is 7.38. The van der Waals surface area contributed by atoms with Crippen LogP contribution >= 0.6 is 23.2 Å². The first-order valence-corrected chi connectivity index (χ1v) is 11.6. The van der Waals surface area contributed by atoms with Gasteiger partial charge in [-0.2, -0.15) is 0 Å². The van der Waals surface area contributed by atoms with Crippen LogP contribution in [0.5, 0.6) is 11.5 Å². The maximum atomic E-state index is 6.34. The van der Waals surface area contributed by atoms with E-state index < -0.39 is 8.32 Å². The van der Waals surface area contributed by atoms with E-state index in [1.807, 2.05) is 42.5 Å². The normalized spacial score (nSPS) is 12.1. The molecule has 0 amide bonds. The monoisotopic (exact) mass is 382 g/mol. The van der Waals surface area contributed by atoms with Gasteiger partial charge in [-0.25, -0.2) is 0 Å². The minimum atomic E-state index is -1.93. The predicted octanol–water partition coefficient (Wildman–Crippen LogP) is 6.96. The molecule has 0 radical (unpaired) electrons. The van der Waals surface area contributed by atoms with E-state index in [1.54, 1.807) is 0 Å². The summed E-state index contributed by atoms with van der Waals surface area (Å²) in [6, 6.07) is 13.1. The fourth-order valence-electron chi connectivity index (χ4n) is 1.84. The Morgan fingerprint density at radius 3 is 2.17 bits per heavy atom. The maximum absolute atomic E-state index is 6.34. The fraction of sp³-hybridized carbons (Fsp3) is 0.368. The molecule has 0 spiro atoms. The van der Waals surface area contributed by atoms with Crippen molar-refractivity contribution in [1.82, 2.24) is 0 Å². The van der Waals surface area contributed by atoms with Crippen LogP contribution in [0.4, 0.5) is 0 Å². The lowest BCUT2D eigenvalue weighted by Crippen LogP contribution is -2.43. The average molecular weight is 383 g/mol. The third-order valence-electron chi connectivity index (χ3n) is 4.39. The second-order valence-electron chi connectivity index (χ2n) is 7.37. The molecule has 0 aliphatic rings. The van der Waals surface area contributed by atoms with Gasteiger partial charge < -0.3 is 9.16 Å². The van der Waals surface area contributed by atoms with Crippen molar-refractivity contribution < 1.29 is 9.16 Å². The number of hydrogen-bond acceptors (Lipinski definition) is 2. The van der Waals surface area contributed by atoms with Gasteiger partial charge in [0.05, 0.1) is 5.02 Å². The molecule has 2 nitrogen and oxygen atoms in total. The van der Waals surface area contributed by atoms with Crippen LogP contribution in [0.2, 0.25) is 28.2 Å². The highest BCUT2D eigenvalue weighted by Crippen LogP contribution is 2.39. The Balaban J connectivity index is 2.12. The van der Waals surface area contributed by atoms with Gasteiger partial charge in [-0.15, -0.1) is 0 Å². The van der Waals surface area contributed by atoms with Gasteiger partial charge in [0.15, 0.2) is 0 Å². The molecule has 2 aromatic rings. The van der Waals surface area contributed by atoms with Gasteiger partial charge >= 0.3 is 0 Å². The summed E-state index contributed by atoms with van der Waals surface area (Å²) in [6.07, 6.45) is 0. The van der Waals surface area contributed by atoms with E-state index in [-0.39, 0.29) is 5.04 Å². The van der Waals surface area contributed by atoms with Crippen molar-refractivity contribution in [3.05, 3.63) is 58.1 Å². The van der Waals surface area contributed by atoms with Crippen LogP contribution < -0.4 is 9.16 Å². The van der Waals surface area contributed by atoms with Crippen LogP contribution in [0.1, 0.15) is 26.3 Å². The van der Waals surface area contributed by atoms with E-state index in [0.29, 0.717) is 16.7 Å². The predicted molar refractivity (Wildman–Crippen MR) is 105 cm³/mol. The first kappa shape index (κ1) is 19.2. The third-order valence-corrected chi connectivity index (χ3v) is 9.29. The van der Waals surface area contributed by atoms with Gasteiger partial charge in [0.1, 0.15) is 18.1 Å². The molecule has 0 aliphatic heterocycles. The highest BCUT2D eigenvalue weighted by atomic mass is 35.5. The molecule has 0 unspecified atom stereocenters. The summed E-state index contributed by atoms with van der Waals surface area (Å²) in [5, 5.41) is 1.44. The largest absolute Gasteiger partial charge is 0.542 e. The molecular weight excluding hydrogens is 359 g/mol. The van der Waals surface area contributed by atoms with Crippen LogP contribution in [-0.2, 0) is 6.61 Å². The van der Waals surface area contributed by atoms with E-state index in [4.69, 9.17) is 32.4 Å². The number of rotatable bonds is 5. The molecular formula is C19H24Cl2O2Si. The summed E-state index contributed by atoms with van der Waals surface area (Å²) in [4.78, 5) is 0. The van der Waals surface area contributed by atoms with Crippen LogP contribution in [0.3, 0.4) is 0 Å². The minimum Gasteiger partial charge on any atom is -0.542 e. The fourth-order valence-corrected chi connectivity index (χ4v) is 3.21. The van der Waals surface area contributed by atoms with E-state index in [1.165, 1.54) is 0 Å². The molecule has 130 valence electrons. The molecule has 24 heavy (non-hydrogen) atoms. The lowest BCUT2D eigenvalue weighted by molar-refractivity contribution is 0.306. The summed E-state index contributed by atoms with van der Waals surface area (Å²) in [6.45, 7) is 11.5. The lowest BCUT2D eigenvalue weighted by atomic mass is 10.2. The van der Waals surface area contributed by atoms with E-state index in [0.717, 1.165) is 17.1 Å². The molecule has 5 heteroatoms. The molecule has 0 atom stereocenters. The highest BCUT2D eigenvalue weighted by molar-refractivity contribution is 6.74. The van der Waals surface area contributed by atoms with E-state index >= 15 is 0 Å². The zero-order chi connectivity index (χ0) is 18.0. The van der Waals surface area contributed by atoms with Gasteiger partial charge in [0.25, 0.3) is 8.32 Å². The number of ether oxygens (including phenoxy) is 1. The van der Waals surface area contributed by atoms with E-state index in [2.05, 4.69) is 33.9 Å². The number of halogens is 2. The molecule has 0 aromatic heterocycles. The Morgan fingerprint density at radius 2 is 1.58 bits per heavy atom. The molecule has 0 bridgehead atoms. The average Bonchev–Trinajstić information content (AvgIpc) is 2.48. The Morgan fingerprint density at radius 1 is 0.958 bits per heavy atom. The molecule has 2 aromatic carbocycles. The van der Waals surface area contributed by atoms with Crippen LogP contribution in [-0.4, -0.2) is 8.32 Å². The standard InChI is InChI=1S/C19H24Cl2O2Si/c1-19(2,3)24(4,5)23-18-12-14(6-11-17(18)21)13-22-16-9-7-15(20)8-10-16/h6-12H,13H2,1-5H3. The van der Waals surface area contributed by atoms with E-state index in [9.17, 15) is 0 Å². The Kier molecular flexibility index (Phi) is 5.90. The zero-order valence-electron chi connectivity index (χ0n) is 14.8. The summed E-state index contributed by atoms with van der Waals surface area (Å²) >= 11 is 12.2. The van der Waals surface area contributed by atoms with Crippen molar-refractivity contribution in [2.75, 3.05) is 0 Å². The maximum Gasteiger partial charge on any atom is 0.250 e. The Labute approximate surface area is 155 Å². The van der Waals surface area contributed by atoms with Gasteiger partial charge in [-0.1, -0.05) is 50.0 Å². The van der Waals surface area contributed by atoms with Gasteiger partial charge in [0, 0.05) is 5.02 Å². The number of benzene rings is 2. The van der Waals surface area contributed by atoms with Gasteiger partial charge in [0.2, 0.25) is 0 Å². The summed E-state index contributed by atoms with van der Waals surface area (Å²) in [5.74, 6) is 1.52. The molecule has 0 heterocycles. The Bertz CT molecular complexity index is 692. The summed E-state index contributed by atoms with van der Waals surface area (Å²) < 4.78 is 12.1. The Hall–Kier alpha value is -1.16. The summed E-state index contributed by atoms with van der Waals surface area (Å²) in [7, 11) is -1.93. The van der Waals surface area contributed by atoms with Gasteiger partial charge in [-0.3, -0.25) is 0 Å².